The number of nitrogens with two attached hydrogens (primary N) is 1. The molecule has 0 atom stereocenters. The third-order valence-corrected chi connectivity index (χ3v) is 3.59. The number of nitrogens with zero attached hydrogens (tertiary/aromatic N) is 1. The molecule has 0 aliphatic heterocycles. The summed E-state index contributed by atoms with van der Waals surface area (Å²) < 4.78 is 0. The first-order chi connectivity index (χ1) is 8.06. The molecule has 1 aromatic carbocycles. The number of aromatic nitrogens is 1. The highest BCUT2D eigenvalue weighted by Crippen LogP contribution is 2.23. The molecule has 0 spiro atoms. The molecule has 0 radical (unpaired) electrons. The molecule has 2 N–H and O–H groups in total. The van der Waals surface area contributed by atoms with Crippen molar-refractivity contribution in [3.8, 4) is 0 Å². The van der Waals surface area contributed by atoms with Crippen LogP contribution in [0.4, 0.5) is 5.13 Å². The lowest BCUT2D eigenvalue weighted by molar-refractivity contribution is 0.101. The number of thiazole rings is 1. The highest BCUT2D eigenvalue weighted by atomic mass is 32.1. The molecule has 0 unspecified atom stereocenters. The van der Waals surface area contributed by atoms with Crippen LogP contribution in [0, 0.1) is 6.92 Å². The van der Waals surface area contributed by atoms with E-state index in [0.29, 0.717) is 5.13 Å². The molecule has 2 aromatic rings. The molecule has 0 amide bonds. The Labute approximate surface area is 104 Å². The molecule has 0 saturated carbocycles. The van der Waals surface area contributed by atoms with Crippen LogP contribution in [0.2, 0.25) is 0 Å². The van der Waals surface area contributed by atoms with Gasteiger partial charge in [-0.2, -0.15) is 0 Å². The molecule has 0 saturated heterocycles. The van der Waals surface area contributed by atoms with Crippen LogP contribution in [0.3, 0.4) is 0 Å². The molecule has 1 aromatic heterocycles. The van der Waals surface area contributed by atoms with E-state index in [1.807, 2.05) is 31.2 Å². The number of nitrogen functional groups attached to an aromatic ring is 1. The molecule has 1 heterocycles. The maximum absolute atomic E-state index is 11.3. The topological polar surface area (TPSA) is 56.0 Å². The molecule has 0 aliphatic carbocycles. The summed E-state index contributed by atoms with van der Waals surface area (Å²) in [7, 11) is 0. The quantitative estimate of drug-likeness (QED) is 0.847. The predicted molar refractivity (Wildman–Crippen MR) is 70.5 cm³/mol. The van der Waals surface area contributed by atoms with Gasteiger partial charge in [-0.25, -0.2) is 4.98 Å². The molecular formula is C13H14N2OS. The number of anilines is 1. The third kappa shape index (κ3) is 2.71. The second-order valence-electron chi connectivity index (χ2n) is 3.99. The summed E-state index contributed by atoms with van der Waals surface area (Å²) in [5.74, 6) is 0.0902. The zero-order valence-electron chi connectivity index (χ0n) is 9.86. The van der Waals surface area contributed by atoms with Crippen LogP contribution in [0.25, 0.3) is 0 Å². The molecule has 4 heteroatoms. The summed E-state index contributed by atoms with van der Waals surface area (Å²) in [6.45, 7) is 3.53. The maximum Gasteiger partial charge on any atom is 0.180 e. The van der Waals surface area contributed by atoms with Crippen molar-refractivity contribution >= 4 is 22.3 Å². The fourth-order valence-electron chi connectivity index (χ4n) is 1.70. The second kappa shape index (κ2) is 4.67. The first-order valence-electron chi connectivity index (χ1n) is 5.38. The Morgan fingerprint density at radius 2 is 2.24 bits per heavy atom. The number of ketones is 1. The Kier molecular flexibility index (Phi) is 3.24. The van der Waals surface area contributed by atoms with Gasteiger partial charge in [0.25, 0.3) is 0 Å². The van der Waals surface area contributed by atoms with Crippen molar-refractivity contribution in [2.24, 2.45) is 0 Å². The Morgan fingerprint density at radius 3 is 2.82 bits per heavy atom. The van der Waals surface area contributed by atoms with E-state index in [1.54, 1.807) is 6.92 Å². The Hall–Kier alpha value is -1.68. The van der Waals surface area contributed by atoms with Crippen LogP contribution in [-0.4, -0.2) is 10.8 Å². The zero-order valence-corrected chi connectivity index (χ0v) is 10.7. The van der Waals surface area contributed by atoms with E-state index < -0.39 is 0 Å². The minimum atomic E-state index is 0.0902. The highest BCUT2D eigenvalue weighted by molar-refractivity contribution is 7.15. The number of hydrogen-bond acceptors (Lipinski definition) is 4. The van der Waals surface area contributed by atoms with Crippen LogP contribution < -0.4 is 5.73 Å². The Bertz CT molecular complexity index is 560. The van der Waals surface area contributed by atoms with Gasteiger partial charge in [0, 0.05) is 16.9 Å². The normalized spacial score (nSPS) is 10.5. The van der Waals surface area contributed by atoms with Crippen LogP contribution in [-0.2, 0) is 6.42 Å². The van der Waals surface area contributed by atoms with Crippen molar-refractivity contribution in [3.05, 3.63) is 46.0 Å². The smallest absolute Gasteiger partial charge is 0.180 e. The van der Waals surface area contributed by atoms with Gasteiger partial charge in [0.1, 0.15) is 0 Å². The fourth-order valence-corrected chi connectivity index (χ4v) is 2.57. The van der Waals surface area contributed by atoms with E-state index in [9.17, 15) is 4.79 Å². The fraction of sp³-hybridized carbons (Fsp3) is 0.231. The summed E-state index contributed by atoms with van der Waals surface area (Å²) >= 11 is 1.51. The van der Waals surface area contributed by atoms with Crippen molar-refractivity contribution in [1.82, 2.24) is 4.98 Å². The van der Waals surface area contributed by atoms with E-state index in [0.717, 1.165) is 28.1 Å². The van der Waals surface area contributed by atoms with Gasteiger partial charge >= 0.3 is 0 Å². The molecular weight excluding hydrogens is 232 g/mol. The third-order valence-electron chi connectivity index (χ3n) is 2.61. The van der Waals surface area contributed by atoms with E-state index >= 15 is 0 Å². The first kappa shape index (κ1) is 11.8. The summed E-state index contributed by atoms with van der Waals surface area (Å²) in [4.78, 5) is 16.6. The summed E-state index contributed by atoms with van der Waals surface area (Å²) in [5, 5.41) is 0.597. The number of aryl methyl sites for hydroxylation is 1. The van der Waals surface area contributed by atoms with E-state index in [4.69, 9.17) is 5.73 Å². The summed E-state index contributed by atoms with van der Waals surface area (Å²) in [6.07, 6.45) is 0.780. The molecule has 3 nitrogen and oxygen atoms in total. The number of benzene rings is 1. The van der Waals surface area contributed by atoms with Crippen LogP contribution >= 0.6 is 11.3 Å². The van der Waals surface area contributed by atoms with Gasteiger partial charge in [0.15, 0.2) is 10.9 Å². The molecule has 0 bridgehead atoms. The minimum absolute atomic E-state index is 0.0902. The van der Waals surface area contributed by atoms with Crippen molar-refractivity contribution in [2.75, 3.05) is 5.73 Å². The zero-order chi connectivity index (χ0) is 12.4. The van der Waals surface area contributed by atoms with Gasteiger partial charge in [-0.1, -0.05) is 18.2 Å². The number of carbonyl (C=O) groups excluding carboxylic acids is 1. The number of Topliss-reactive ketones (excluding diaryl/α,β-unsaturated/α-hetero) is 1. The summed E-state index contributed by atoms with van der Waals surface area (Å²) in [6, 6.07) is 7.69. The summed E-state index contributed by atoms with van der Waals surface area (Å²) in [5.41, 5.74) is 8.50. The van der Waals surface area contributed by atoms with Crippen molar-refractivity contribution in [1.29, 1.82) is 0 Å². The SMILES string of the molecule is CC(=O)c1cccc(Cc2sc(N)nc2C)c1. The van der Waals surface area contributed by atoms with Gasteiger partial charge in [0.05, 0.1) is 5.69 Å². The molecule has 0 fully saturated rings. The second-order valence-corrected chi connectivity index (χ2v) is 5.11. The van der Waals surface area contributed by atoms with Crippen molar-refractivity contribution < 1.29 is 4.79 Å². The monoisotopic (exact) mass is 246 g/mol. The van der Waals surface area contributed by atoms with Gasteiger partial charge in [-0.15, -0.1) is 11.3 Å². The number of hydrogen-bond donors (Lipinski definition) is 1. The molecule has 88 valence electrons. The number of carbonyl (C=O) groups is 1. The Morgan fingerprint density at radius 1 is 1.47 bits per heavy atom. The Balaban J connectivity index is 2.27. The lowest BCUT2D eigenvalue weighted by Gasteiger charge is -2.02. The standard InChI is InChI=1S/C13H14N2OS/c1-8-12(17-13(14)15-8)7-10-4-3-5-11(6-10)9(2)16/h3-6H,7H2,1-2H3,(H2,14,15). The molecule has 17 heavy (non-hydrogen) atoms. The van der Waals surface area contributed by atoms with Gasteiger partial charge in [-0.3, -0.25) is 4.79 Å². The van der Waals surface area contributed by atoms with Crippen LogP contribution in [0.1, 0.15) is 33.4 Å². The first-order valence-corrected chi connectivity index (χ1v) is 6.19. The molecule has 2 rings (SSSR count). The minimum Gasteiger partial charge on any atom is -0.375 e. The average molecular weight is 246 g/mol. The maximum atomic E-state index is 11.3. The van der Waals surface area contributed by atoms with Gasteiger partial charge in [0.2, 0.25) is 0 Å². The van der Waals surface area contributed by atoms with Gasteiger partial charge in [-0.05, 0) is 25.5 Å². The van der Waals surface area contributed by atoms with E-state index in [-0.39, 0.29) is 5.78 Å². The van der Waals surface area contributed by atoms with E-state index in [2.05, 4.69) is 4.98 Å². The van der Waals surface area contributed by atoms with Crippen molar-refractivity contribution in [3.63, 3.8) is 0 Å². The van der Waals surface area contributed by atoms with Crippen molar-refractivity contribution in [2.45, 2.75) is 20.3 Å². The van der Waals surface area contributed by atoms with E-state index in [1.165, 1.54) is 11.3 Å². The van der Waals surface area contributed by atoms with Crippen LogP contribution in [0.5, 0.6) is 0 Å². The predicted octanol–water partition coefficient (Wildman–Crippen LogP) is 2.83. The lowest BCUT2D eigenvalue weighted by atomic mass is 10.0. The van der Waals surface area contributed by atoms with Crippen LogP contribution in [0.15, 0.2) is 24.3 Å². The highest BCUT2D eigenvalue weighted by Gasteiger charge is 2.07. The van der Waals surface area contributed by atoms with Gasteiger partial charge < -0.3 is 5.73 Å². The number of rotatable bonds is 3. The largest absolute Gasteiger partial charge is 0.375 e. The molecule has 0 aliphatic rings. The average Bonchev–Trinajstić information content (AvgIpc) is 2.58. The lowest BCUT2D eigenvalue weighted by Crippen LogP contribution is -1.94.